The second-order valence-corrected chi connectivity index (χ2v) is 6.47. The van der Waals surface area contributed by atoms with E-state index in [4.69, 9.17) is 9.84 Å². The molecule has 1 heterocycles. The molecule has 1 aromatic rings. The maximum atomic E-state index is 11.3. The summed E-state index contributed by atoms with van der Waals surface area (Å²) in [6.07, 6.45) is 0.439. The Hall–Kier alpha value is -1.14. The molecule has 0 radical (unpaired) electrons. The van der Waals surface area contributed by atoms with Crippen molar-refractivity contribution >= 4 is 9.84 Å². The SMILES string of the molecule is CCS(=O)(=O)CCCOc1ccc(C)nc1CO. The number of aryl methyl sites for hydroxylation is 1. The monoisotopic (exact) mass is 273 g/mol. The molecule has 6 heteroatoms. The second-order valence-electron chi connectivity index (χ2n) is 3.99. The van der Waals surface area contributed by atoms with E-state index in [1.807, 2.05) is 6.92 Å². The van der Waals surface area contributed by atoms with Crippen LogP contribution in [0.15, 0.2) is 12.1 Å². The van der Waals surface area contributed by atoms with Crippen LogP contribution < -0.4 is 4.74 Å². The van der Waals surface area contributed by atoms with Crippen molar-refractivity contribution in [3.05, 3.63) is 23.5 Å². The van der Waals surface area contributed by atoms with Crippen molar-refractivity contribution in [1.82, 2.24) is 4.98 Å². The summed E-state index contributed by atoms with van der Waals surface area (Å²) in [7, 11) is -2.94. The lowest BCUT2D eigenvalue weighted by Gasteiger charge is -2.09. The highest BCUT2D eigenvalue weighted by Crippen LogP contribution is 2.17. The van der Waals surface area contributed by atoms with Crippen LogP contribution in [0.2, 0.25) is 0 Å². The Bertz CT molecular complexity index is 485. The van der Waals surface area contributed by atoms with Crippen LogP contribution in [0.4, 0.5) is 0 Å². The summed E-state index contributed by atoms with van der Waals surface area (Å²) in [4.78, 5) is 4.14. The first-order valence-corrected chi connectivity index (χ1v) is 7.71. The molecule has 0 spiro atoms. The minimum absolute atomic E-state index is 0.122. The predicted molar refractivity (Wildman–Crippen MR) is 69.3 cm³/mol. The van der Waals surface area contributed by atoms with Crippen LogP contribution in [0.1, 0.15) is 24.7 Å². The van der Waals surface area contributed by atoms with E-state index in [1.165, 1.54) is 0 Å². The van der Waals surface area contributed by atoms with E-state index in [9.17, 15) is 8.42 Å². The molecule has 0 bridgehead atoms. The fourth-order valence-electron chi connectivity index (χ4n) is 1.45. The van der Waals surface area contributed by atoms with Crippen molar-refractivity contribution < 1.29 is 18.3 Å². The van der Waals surface area contributed by atoms with Crippen molar-refractivity contribution in [1.29, 1.82) is 0 Å². The Morgan fingerprint density at radius 1 is 1.39 bits per heavy atom. The van der Waals surface area contributed by atoms with E-state index in [0.717, 1.165) is 5.69 Å². The predicted octanol–water partition coefficient (Wildman–Crippen LogP) is 1.09. The maximum absolute atomic E-state index is 11.3. The van der Waals surface area contributed by atoms with Gasteiger partial charge >= 0.3 is 0 Å². The smallest absolute Gasteiger partial charge is 0.150 e. The van der Waals surface area contributed by atoms with Crippen LogP contribution in [0.5, 0.6) is 5.75 Å². The molecule has 18 heavy (non-hydrogen) atoms. The highest BCUT2D eigenvalue weighted by molar-refractivity contribution is 7.91. The minimum atomic E-state index is -2.94. The largest absolute Gasteiger partial charge is 0.492 e. The number of nitrogens with zero attached hydrogens (tertiary/aromatic N) is 1. The average Bonchev–Trinajstić information content (AvgIpc) is 2.36. The first-order chi connectivity index (χ1) is 8.48. The molecule has 0 atom stereocenters. The molecular formula is C12H19NO4S. The topological polar surface area (TPSA) is 76.5 Å². The number of pyridine rings is 1. The molecule has 0 unspecified atom stereocenters. The molecule has 1 aromatic heterocycles. The molecule has 1 rings (SSSR count). The normalized spacial score (nSPS) is 11.5. The Morgan fingerprint density at radius 2 is 2.11 bits per heavy atom. The van der Waals surface area contributed by atoms with Gasteiger partial charge in [0.2, 0.25) is 0 Å². The molecule has 0 aliphatic carbocycles. The molecule has 1 N–H and O–H groups in total. The summed E-state index contributed by atoms with van der Waals surface area (Å²) in [6.45, 7) is 3.57. The molecular weight excluding hydrogens is 254 g/mol. The molecule has 0 saturated carbocycles. The van der Waals surface area contributed by atoms with Gasteiger partial charge in [-0.1, -0.05) is 6.92 Å². The third kappa shape index (κ3) is 4.62. The van der Waals surface area contributed by atoms with Crippen molar-refractivity contribution in [3.8, 4) is 5.75 Å². The quantitative estimate of drug-likeness (QED) is 0.752. The van der Waals surface area contributed by atoms with Gasteiger partial charge < -0.3 is 9.84 Å². The number of hydrogen-bond acceptors (Lipinski definition) is 5. The third-order valence-corrected chi connectivity index (χ3v) is 4.31. The lowest BCUT2D eigenvalue weighted by molar-refractivity contribution is 0.257. The Kier molecular flexibility index (Phi) is 5.55. The van der Waals surface area contributed by atoms with Gasteiger partial charge in [0, 0.05) is 11.4 Å². The van der Waals surface area contributed by atoms with Crippen molar-refractivity contribution in [3.63, 3.8) is 0 Å². The number of rotatable bonds is 7. The van der Waals surface area contributed by atoms with Gasteiger partial charge in [-0.15, -0.1) is 0 Å². The highest BCUT2D eigenvalue weighted by atomic mass is 32.2. The highest BCUT2D eigenvalue weighted by Gasteiger charge is 2.08. The Balaban J connectivity index is 2.49. The first kappa shape index (κ1) is 14.9. The van der Waals surface area contributed by atoms with E-state index in [0.29, 0.717) is 24.5 Å². The van der Waals surface area contributed by atoms with Gasteiger partial charge in [0.25, 0.3) is 0 Å². The fraction of sp³-hybridized carbons (Fsp3) is 0.583. The van der Waals surface area contributed by atoms with Gasteiger partial charge in [0.15, 0.2) is 0 Å². The lowest BCUT2D eigenvalue weighted by Crippen LogP contribution is -2.12. The molecule has 0 fully saturated rings. The van der Waals surface area contributed by atoms with Gasteiger partial charge in [-0.05, 0) is 25.5 Å². The third-order valence-electron chi connectivity index (χ3n) is 2.52. The number of aliphatic hydroxyl groups excluding tert-OH is 1. The van der Waals surface area contributed by atoms with Gasteiger partial charge in [-0.2, -0.15) is 0 Å². The van der Waals surface area contributed by atoms with Crippen molar-refractivity contribution in [2.45, 2.75) is 26.9 Å². The van der Waals surface area contributed by atoms with Gasteiger partial charge in [-0.3, -0.25) is 4.98 Å². The van der Waals surface area contributed by atoms with E-state index in [1.54, 1.807) is 19.1 Å². The fourth-order valence-corrected chi connectivity index (χ4v) is 2.29. The summed E-state index contributed by atoms with van der Waals surface area (Å²) in [5.41, 5.74) is 1.29. The summed E-state index contributed by atoms with van der Waals surface area (Å²) in [5, 5.41) is 9.13. The van der Waals surface area contributed by atoms with Crippen molar-refractivity contribution in [2.24, 2.45) is 0 Å². The Labute approximate surface area is 108 Å². The second kappa shape index (κ2) is 6.70. The van der Waals surface area contributed by atoms with Gasteiger partial charge in [0.1, 0.15) is 21.3 Å². The molecule has 0 saturated heterocycles. The average molecular weight is 273 g/mol. The van der Waals surface area contributed by atoms with E-state index in [-0.39, 0.29) is 18.1 Å². The van der Waals surface area contributed by atoms with Crippen LogP contribution in [-0.2, 0) is 16.4 Å². The summed E-state index contributed by atoms with van der Waals surface area (Å²) >= 11 is 0. The van der Waals surface area contributed by atoms with Gasteiger partial charge in [-0.25, -0.2) is 8.42 Å². The number of aromatic nitrogens is 1. The van der Waals surface area contributed by atoms with Crippen LogP contribution in [0.25, 0.3) is 0 Å². The van der Waals surface area contributed by atoms with Crippen LogP contribution in [0, 0.1) is 6.92 Å². The first-order valence-electron chi connectivity index (χ1n) is 5.89. The molecule has 0 aliphatic rings. The Morgan fingerprint density at radius 3 is 2.72 bits per heavy atom. The summed E-state index contributed by atoms with van der Waals surface area (Å²) < 4.78 is 28.0. The standard InChI is InChI=1S/C12H19NO4S/c1-3-18(15,16)8-4-7-17-12-6-5-10(2)13-11(12)9-14/h5-6,14H,3-4,7-9H2,1-2H3. The summed E-state index contributed by atoms with van der Waals surface area (Å²) in [6, 6.07) is 3.53. The summed E-state index contributed by atoms with van der Waals surface area (Å²) in [5.74, 6) is 0.787. The zero-order chi connectivity index (χ0) is 13.6. The zero-order valence-electron chi connectivity index (χ0n) is 10.7. The van der Waals surface area contributed by atoms with Crippen LogP contribution in [0.3, 0.4) is 0 Å². The van der Waals surface area contributed by atoms with E-state index in [2.05, 4.69) is 4.98 Å². The minimum Gasteiger partial charge on any atom is -0.492 e. The molecule has 5 nitrogen and oxygen atoms in total. The molecule has 0 aliphatic heterocycles. The molecule has 102 valence electrons. The van der Waals surface area contributed by atoms with E-state index >= 15 is 0 Å². The number of aliphatic hydroxyl groups is 1. The van der Waals surface area contributed by atoms with Crippen LogP contribution >= 0.6 is 0 Å². The van der Waals surface area contributed by atoms with E-state index < -0.39 is 9.84 Å². The lowest BCUT2D eigenvalue weighted by atomic mass is 10.3. The molecule has 0 amide bonds. The molecule has 0 aromatic carbocycles. The van der Waals surface area contributed by atoms with Crippen molar-refractivity contribution in [2.75, 3.05) is 18.1 Å². The van der Waals surface area contributed by atoms with Gasteiger partial charge in [0.05, 0.1) is 19.0 Å². The maximum Gasteiger partial charge on any atom is 0.150 e. The van der Waals surface area contributed by atoms with Crippen LogP contribution in [-0.4, -0.2) is 36.6 Å². The number of hydrogen-bond donors (Lipinski definition) is 1. The zero-order valence-corrected chi connectivity index (χ0v) is 11.5. The number of sulfone groups is 1. The number of ether oxygens (including phenoxy) is 1.